The first-order chi connectivity index (χ1) is 11.0. The van der Waals surface area contributed by atoms with Crippen LogP contribution in [0.2, 0.25) is 0 Å². The summed E-state index contributed by atoms with van der Waals surface area (Å²) in [5, 5.41) is 0.995. The van der Waals surface area contributed by atoms with Crippen molar-refractivity contribution in [3.05, 3.63) is 39.5 Å². The number of nitrogens with zero attached hydrogens (tertiary/aromatic N) is 3. The second-order valence-corrected chi connectivity index (χ2v) is 6.89. The Hall–Kier alpha value is -1.99. The lowest BCUT2D eigenvalue weighted by molar-refractivity contribution is -0.138. The molecule has 0 saturated carbocycles. The van der Waals surface area contributed by atoms with Gasteiger partial charge in [-0.15, -0.1) is 11.3 Å². The van der Waals surface area contributed by atoms with Gasteiger partial charge in [-0.25, -0.2) is 9.97 Å². The number of carbonyl (C=O) groups excluding carboxylic acids is 1. The highest BCUT2D eigenvalue weighted by Gasteiger charge is 2.27. The van der Waals surface area contributed by atoms with E-state index in [4.69, 9.17) is 10.5 Å². The largest absolute Gasteiger partial charge is 0.384 e. The van der Waals surface area contributed by atoms with Gasteiger partial charge in [0.15, 0.2) is 0 Å². The Bertz CT molecular complexity index is 716. The lowest BCUT2D eigenvalue weighted by atomic mass is 10.1. The van der Waals surface area contributed by atoms with Gasteiger partial charge in [0.05, 0.1) is 36.0 Å². The summed E-state index contributed by atoms with van der Waals surface area (Å²) in [6.07, 6.45) is 0.175. The zero-order chi connectivity index (χ0) is 16.4. The standard InChI is InChI=1S/C16H20N4O2S/c1-10-14(23-11(2)18-10)8-16(21)20-6-7-22-13(9-20)12-4-3-5-15(17)19-12/h3-5,13H,6-9H2,1-2H3,(H2,17,19). The van der Waals surface area contributed by atoms with Gasteiger partial charge in [-0.1, -0.05) is 6.07 Å². The second kappa shape index (κ2) is 6.64. The van der Waals surface area contributed by atoms with Gasteiger partial charge in [-0.3, -0.25) is 4.79 Å². The van der Waals surface area contributed by atoms with Crippen LogP contribution in [-0.2, 0) is 16.0 Å². The monoisotopic (exact) mass is 332 g/mol. The van der Waals surface area contributed by atoms with Crippen LogP contribution in [0.1, 0.15) is 27.4 Å². The lowest BCUT2D eigenvalue weighted by Gasteiger charge is -2.32. The third-order valence-corrected chi connectivity index (χ3v) is 4.93. The lowest BCUT2D eigenvalue weighted by Crippen LogP contribution is -2.43. The number of aromatic nitrogens is 2. The number of aryl methyl sites for hydroxylation is 2. The molecule has 6 nitrogen and oxygen atoms in total. The first kappa shape index (κ1) is 15.9. The minimum atomic E-state index is -0.222. The van der Waals surface area contributed by atoms with Crippen LogP contribution in [0.15, 0.2) is 18.2 Å². The Morgan fingerprint density at radius 1 is 1.43 bits per heavy atom. The number of thiazole rings is 1. The maximum atomic E-state index is 12.6. The van der Waals surface area contributed by atoms with Gasteiger partial charge < -0.3 is 15.4 Å². The highest BCUT2D eigenvalue weighted by Crippen LogP contribution is 2.23. The minimum absolute atomic E-state index is 0.106. The zero-order valence-electron chi connectivity index (χ0n) is 13.3. The van der Waals surface area contributed by atoms with E-state index in [0.717, 1.165) is 21.3 Å². The molecule has 2 aromatic rings. The maximum absolute atomic E-state index is 12.6. The van der Waals surface area contributed by atoms with E-state index in [0.29, 0.717) is 31.9 Å². The van der Waals surface area contributed by atoms with Gasteiger partial charge in [0.1, 0.15) is 11.9 Å². The Balaban J connectivity index is 1.68. The van der Waals surface area contributed by atoms with E-state index in [1.54, 1.807) is 17.4 Å². The van der Waals surface area contributed by atoms with Crippen LogP contribution in [0.5, 0.6) is 0 Å². The molecule has 3 rings (SSSR count). The second-order valence-electron chi connectivity index (χ2n) is 5.60. The molecule has 1 saturated heterocycles. The molecule has 2 aromatic heterocycles. The van der Waals surface area contributed by atoms with Crippen molar-refractivity contribution in [2.24, 2.45) is 0 Å². The van der Waals surface area contributed by atoms with Gasteiger partial charge in [-0.2, -0.15) is 0 Å². The quantitative estimate of drug-likeness (QED) is 0.928. The summed E-state index contributed by atoms with van der Waals surface area (Å²) in [7, 11) is 0. The molecule has 7 heteroatoms. The van der Waals surface area contributed by atoms with Crippen LogP contribution in [0.3, 0.4) is 0 Å². The molecule has 1 aliphatic rings. The molecule has 23 heavy (non-hydrogen) atoms. The van der Waals surface area contributed by atoms with E-state index in [1.807, 2.05) is 30.9 Å². The van der Waals surface area contributed by atoms with E-state index in [9.17, 15) is 4.79 Å². The highest BCUT2D eigenvalue weighted by molar-refractivity contribution is 7.11. The molecule has 122 valence electrons. The Kier molecular flexibility index (Phi) is 4.58. The van der Waals surface area contributed by atoms with Crippen molar-refractivity contribution >= 4 is 23.1 Å². The van der Waals surface area contributed by atoms with Gasteiger partial charge in [0.25, 0.3) is 0 Å². The highest BCUT2D eigenvalue weighted by atomic mass is 32.1. The van der Waals surface area contributed by atoms with Crippen molar-refractivity contribution in [3.63, 3.8) is 0 Å². The fraction of sp³-hybridized carbons (Fsp3) is 0.438. The van der Waals surface area contributed by atoms with Gasteiger partial charge in [0.2, 0.25) is 5.91 Å². The maximum Gasteiger partial charge on any atom is 0.228 e. The van der Waals surface area contributed by atoms with Crippen LogP contribution in [0.25, 0.3) is 0 Å². The molecular formula is C16H20N4O2S. The summed E-state index contributed by atoms with van der Waals surface area (Å²) in [6, 6.07) is 5.47. The van der Waals surface area contributed by atoms with E-state index in [-0.39, 0.29) is 12.0 Å². The number of rotatable bonds is 3. The number of hydrogen-bond acceptors (Lipinski definition) is 6. The molecule has 1 aliphatic heterocycles. The minimum Gasteiger partial charge on any atom is -0.384 e. The average Bonchev–Trinajstić information content (AvgIpc) is 2.85. The third-order valence-electron chi connectivity index (χ3n) is 3.85. The number of hydrogen-bond donors (Lipinski definition) is 1. The van der Waals surface area contributed by atoms with Crippen molar-refractivity contribution in [3.8, 4) is 0 Å². The number of nitrogens with two attached hydrogens (primary N) is 1. The third kappa shape index (κ3) is 3.68. The number of morpholine rings is 1. The molecule has 1 atom stereocenters. The zero-order valence-corrected chi connectivity index (χ0v) is 14.1. The van der Waals surface area contributed by atoms with Crippen LogP contribution in [0.4, 0.5) is 5.82 Å². The Morgan fingerprint density at radius 2 is 2.26 bits per heavy atom. The molecule has 0 aromatic carbocycles. The summed E-state index contributed by atoms with van der Waals surface area (Å²) in [4.78, 5) is 24.1. The van der Waals surface area contributed by atoms with Crippen LogP contribution < -0.4 is 5.73 Å². The normalized spacial score (nSPS) is 18.2. The van der Waals surface area contributed by atoms with Crippen molar-refractivity contribution in [1.29, 1.82) is 0 Å². The predicted octanol–water partition coefficient (Wildman–Crippen LogP) is 1.88. The molecule has 0 spiro atoms. The van der Waals surface area contributed by atoms with Gasteiger partial charge in [-0.05, 0) is 26.0 Å². The smallest absolute Gasteiger partial charge is 0.228 e. The van der Waals surface area contributed by atoms with Crippen LogP contribution in [0, 0.1) is 13.8 Å². The topological polar surface area (TPSA) is 81.3 Å². The number of nitrogen functional groups attached to an aromatic ring is 1. The van der Waals surface area contributed by atoms with Crippen molar-refractivity contribution < 1.29 is 9.53 Å². The van der Waals surface area contributed by atoms with E-state index in [2.05, 4.69) is 9.97 Å². The summed E-state index contributed by atoms with van der Waals surface area (Å²) < 4.78 is 5.76. The molecule has 0 radical (unpaired) electrons. The summed E-state index contributed by atoms with van der Waals surface area (Å²) in [6.45, 7) is 5.53. The van der Waals surface area contributed by atoms with Crippen LogP contribution in [-0.4, -0.2) is 40.5 Å². The molecule has 0 bridgehead atoms. The summed E-state index contributed by atoms with van der Waals surface area (Å²) in [5.74, 6) is 0.569. The fourth-order valence-electron chi connectivity index (χ4n) is 2.69. The molecule has 1 unspecified atom stereocenters. The number of amides is 1. The summed E-state index contributed by atoms with van der Waals surface area (Å²) >= 11 is 1.59. The fourth-order valence-corrected chi connectivity index (χ4v) is 3.62. The summed E-state index contributed by atoms with van der Waals surface area (Å²) in [5.41, 5.74) is 7.45. The molecule has 2 N–H and O–H groups in total. The SMILES string of the molecule is Cc1nc(C)c(CC(=O)N2CCOC(c3cccc(N)n3)C2)s1. The van der Waals surface area contributed by atoms with Gasteiger partial charge in [0, 0.05) is 11.4 Å². The molecular weight excluding hydrogens is 312 g/mol. The predicted molar refractivity (Wildman–Crippen MR) is 89.2 cm³/mol. The van der Waals surface area contributed by atoms with Crippen molar-refractivity contribution in [2.75, 3.05) is 25.4 Å². The number of anilines is 1. The van der Waals surface area contributed by atoms with Gasteiger partial charge >= 0.3 is 0 Å². The Morgan fingerprint density at radius 3 is 2.96 bits per heavy atom. The number of pyridine rings is 1. The van der Waals surface area contributed by atoms with Crippen LogP contribution >= 0.6 is 11.3 Å². The van der Waals surface area contributed by atoms with E-state index in [1.165, 1.54) is 0 Å². The molecule has 1 amide bonds. The van der Waals surface area contributed by atoms with Crippen molar-refractivity contribution in [1.82, 2.24) is 14.9 Å². The number of carbonyl (C=O) groups is 1. The van der Waals surface area contributed by atoms with E-state index >= 15 is 0 Å². The average molecular weight is 332 g/mol. The number of ether oxygens (including phenoxy) is 1. The molecule has 3 heterocycles. The first-order valence-electron chi connectivity index (χ1n) is 7.57. The van der Waals surface area contributed by atoms with Crippen molar-refractivity contribution in [2.45, 2.75) is 26.4 Å². The molecule has 0 aliphatic carbocycles. The first-order valence-corrected chi connectivity index (χ1v) is 8.39. The Labute approximate surface area is 139 Å². The molecule has 1 fully saturated rings. The van der Waals surface area contributed by atoms with E-state index < -0.39 is 0 Å².